The molecule has 126 valence electrons. The minimum Gasteiger partial charge on any atom is -0.334 e. The first-order chi connectivity index (χ1) is 11.6. The first-order valence-corrected chi connectivity index (χ1v) is 8.03. The van der Waals surface area contributed by atoms with Crippen LogP contribution in [0.5, 0.6) is 0 Å². The van der Waals surface area contributed by atoms with E-state index in [-0.39, 0.29) is 23.6 Å². The second kappa shape index (κ2) is 7.05. The molecule has 0 radical (unpaired) electrons. The zero-order valence-corrected chi connectivity index (χ0v) is 13.9. The number of carbonyl (C=O) groups is 1. The minimum absolute atomic E-state index is 0.00228. The van der Waals surface area contributed by atoms with Gasteiger partial charge in [-0.3, -0.25) is 14.8 Å². The average Bonchev–Trinajstić information content (AvgIpc) is 2.99. The van der Waals surface area contributed by atoms with E-state index >= 15 is 0 Å². The molecule has 5 nitrogen and oxygen atoms in total. The summed E-state index contributed by atoms with van der Waals surface area (Å²) in [5.41, 5.74) is 1.21. The Bertz CT molecular complexity index is 707. The summed E-state index contributed by atoms with van der Waals surface area (Å²) in [6, 6.07) is 5.61. The minimum atomic E-state index is -0.571. The quantitative estimate of drug-likeness (QED) is 0.861. The van der Waals surface area contributed by atoms with Crippen molar-refractivity contribution >= 4 is 5.91 Å². The monoisotopic (exact) mass is 328 g/mol. The zero-order chi connectivity index (χ0) is 17.1. The SMILES string of the molecule is CN(C)[C@@H]1CCN(C(=O)c2ccncc2F)[C@H]1Cc1ccncc1. The van der Waals surface area contributed by atoms with E-state index in [1.54, 1.807) is 17.3 Å². The number of nitrogens with zero attached hydrogens (tertiary/aromatic N) is 4. The number of likely N-dealkylation sites (N-methyl/N-ethyl adjacent to an activating group) is 1. The fourth-order valence-electron chi connectivity index (χ4n) is 3.40. The topological polar surface area (TPSA) is 49.3 Å². The van der Waals surface area contributed by atoms with E-state index in [9.17, 15) is 9.18 Å². The molecule has 2 aromatic heterocycles. The Morgan fingerprint density at radius 3 is 2.62 bits per heavy atom. The van der Waals surface area contributed by atoms with Crippen LogP contribution in [-0.2, 0) is 6.42 Å². The van der Waals surface area contributed by atoms with Crippen molar-refractivity contribution in [3.63, 3.8) is 0 Å². The molecule has 0 aromatic carbocycles. The number of amides is 1. The molecule has 1 amide bonds. The molecular formula is C18H21FN4O. The summed E-state index contributed by atoms with van der Waals surface area (Å²) in [6.45, 7) is 0.624. The van der Waals surface area contributed by atoms with Crippen LogP contribution in [0.1, 0.15) is 22.3 Å². The van der Waals surface area contributed by atoms with Crippen LogP contribution in [0.4, 0.5) is 4.39 Å². The Morgan fingerprint density at radius 1 is 1.25 bits per heavy atom. The van der Waals surface area contributed by atoms with Crippen LogP contribution in [0.3, 0.4) is 0 Å². The van der Waals surface area contributed by atoms with Gasteiger partial charge in [0.05, 0.1) is 17.8 Å². The highest BCUT2D eigenvalue weighted by Gasteiger charge is 2.39. The van der Waals surface area contributed by atoms with Crippen LogP contribution in [-0.4, -0.2) is 58.4 Å². The molecule has 2 aromatic rings. The summed E-state index contributed by atoms with van der Waals surface area (Å²) in [5, 5.41) is 0. The Hall–Kier alpha value is -2.34. The van der Waals surface area contributed by atoms with E-state index in [0.29, 0.717) is 6.54 Å². The molecule has 0 saturated carbocycles. The van der Waals surface area contributed by atoms with E-state index in [1.807, 2.05) is 26.2 Å². The van der Waals surface area contributed by atoms with Gasteiger partial charge in [-0.05, 0) is 50.7 Å². The molecule has 2 atom stereocenters. The van der Waals surface area contributed by atoms with Crippen LogP contribution in [0, 0.1) is 5.82 Å². The lowest BCUT2D eigenvalue weighted by molar-refractivity contribution is 0.0699. The highest BCUT2D eigenvalue weighted by atomic mass is 19.1. The lowest BCUT2D eigenvalue weighted by Crippen LogP contribution is -2.46. The number of halogens is 1. The van der Waals surface area contributed by atoms with E-state index in [1.165, 1.54) is 12.3 Å². The summed E-state index contributed by atoms with van der Waals surface area (Å²) >= 11 is 0. The van der Waals surface area contributed by atoms with Crippen molar-refractivity contribution in [1.29, 1.82) is 0 Å². The third-order valence-electron chi connectivity index (χ3n) is 4.63. The van der Waals surface area contributed by atoms with Gasteiger partial charge < -0.3 is 9.80 Å². The third-order valence-corrected chi connectivity index (χ3v) is 4.63. The van der Waals surface area contributed by atoms with Gasteiger partial charge in [-0.1, -0.05) is 0 Å². The van der Waals surface area contributed by atoms with Crippen molar-refractivity contribution in [2.45, 2.75) is 24.9 Å². The lowest BCUT2D eigenvalue weighted by atomic mass is 9.99. The van der Waals surface area contributed by atoms with Crippen LogP contribution >= 0.6 is 0 Å². The maximum absolute atomic E-state index is 14.0. The second-order valence-electron chi connectivity index (χ2n) is 6.30. The summed E-state index contributed by atoms with van der Waals surface area (Å²) in [7, 11) is 4.04. The Morgan fingerprint density at radius 2 is 1.96 bits per heavy atom. The number of hydrogen-bond acceptors (Lipinski definition) is 4. The normalized spacial score (nSPS) is 20.6. The van der Waals surface area contributed by atoms with Gasteiger partial charge in [0.2, 0.25) is 0 Å². The molecule has 1 saturated heterocycles. The molecule has 1 fully saturated rings. The Balaban J connectivity index is 1.88. The van der Waals surface area contributed by atoms with Gasteiger partial charge in [-0.25, -0.2) is 4.39 Å². The van der Waals surface area contributed by atoms with Gasteiger partial charge >= 0.3 is 0 Å². The van der Waals surface area contributed by atoms with Crippen LogP contribution in [0.25, 0.3) is 0 Å². The van der Waals surface area contributed by atoms with Crippen LogP contribution < -0.4 is 0 Å². The molecule has 1 aliphatic heterocycles. The summed E-state index contributed by atoms with van der Waals surface area (Å²) in [6.07, 6.45) is 7.65. The van der Waals surface area contributed by atoms with Gasteiger partial charge in [-0.15, -0.1) is 0 Å². The fraction of sp³-hybridized carbons (Fsp3) is 0.389. The molecule has 6 heteroatoms. The molecule has 0 unspecified atom stereocenters. The zero-order valence-electron chi connectivity index (χ0n) is 13.9. The number of carbonyl (C=O) groups excluding carboxylic acids is 1. The first-order valence-electron chi connectivity index (χ1n) is 8.03. The molecule has 0 N–H and O–H groups in total. The molecule has 0 aliphatic carbocycles. The molecule has 0 bridgehead atoms. The van der Waals surface area contributed by atoms with Crippen molar-refractivity contribution in [2.24, 2.45) is 0 Å². The van der Waals surface area contributed by atoms with Crippen LogP contribution in [0.2, 0.25) is 0 Å². The van der Waals surface area contributed by atoms with Gasteiger partial charge in [0.1, 0.15) is 0 Å². The van der Waals surface area contributed by atoms with Gasteiger partial charge in [0.15, 0.2) is 5.82 Å². The maximum atomic E-state index is 14.0. The highest BCUT2D eigenvalue weighted by Crippen LogP contribution is 2.27. The molecule has 0 spiro atoms. The number of aromatic nitrogens is 2. The highest BCUT2D eigenvalue weighted by molar-refractivity contribution is 5.94. The van der Waals surface area contributed by atoms with Gasteiger partial charge in [0, 0.05) is 31.2 Å². The third kappa shape index (κ3) is 3.28. The fourth-order valence-corrected chi connectivity index (χ4v) is 3.40. The Labute approximate surface area is 141 Å². The number of rotatable bonds is 4. The lowest BCUT2D eigenvalue weighted by Gasteiger charge is -2.31. The molecular weight excluding hydrogens is 307 g/mol. The predicted molar refractivity (Wildman–Crippen MR) is 89.1 cm³/mol. The van der Waals surface area contributed by atoms with Gasteiger partial charge in [-0.2, -0.15) is 0 Å². The van der Waals surface area contributed by atoms with E-state index in [2.05, 4.69) is 14.9 Å². The van der Waals surface area contributed by atoms with E-state index in [0.717, 1.165) is 24.6 Å². The smallest absolute Gasteiger partial charge is 0.257 e. The largest absolute Gasteiger partial charge is 0.334 e. The van der Waals surface area contributed by atoms with Crippen molar-refractivity contribution < 1.29 is 9.18 Å². The summed E-state index contributed by atoms with van der Waals surface area (Å²) < 4.78 is 14.0. The predicted octanol–water partition coefficient (Wildman–Crippen LogP) is 2.00. The van der Waals surface area contributed by atoms with Crippen molar-refractivity contribution in [2.75, 3.05) is 20.6 Å². The average molecular weight is 328 g/mol. The van der Waals surface area contributed by atoms with Crippen molar-refractivity contribution in [1.82, 2.24) is 19.8 Å². The van der Waals surface area contributed by atoms with Crippen molar-refractivity contribution in [3.05, 3.63) is 59.9 Å². The second-order valence-corrected chi connectivity index (χ2v) is 6.30. The number of hydrogen-bond donors (Lipinski definition) is 0. The summed E-state index contributed by atoms with van der Waals surface area (Å²) in [4.78, 5) is 24.6. The molecule has 3 heterocycles. The molecule has 1 aliphatic rings. The van der Waals surface area contributed by atoms with E-state index < -0.39 is 5.82 Å². The van der Waals surface area contributed by atoms with Crippen LogP contribution in [0.15, 0.2) is 43.0 Å². The maximum Gasteiger partial charge on any atom is 0.257 e. The summed E-state index contributed by atoms with van der Waals surface area (Å²) in [5.74, 6) is -0.836. The number of pyridine rings is 2. The van der Waals surface area contributed by atoms with Crippen molar-refractivity contribution in [3.8, 4) is 0 Å². The molecule has 24 heavy (non-hydrogen) atoms. The number of likely N-dealkylation sites (tertiary alicyclic amines) is 1. The standard InChI is InChI=1S/C18H21FN4O/c1-22(2)16-6-10-23(17(16)11-13-3-7-20-8-4-13)18(24)14-5-9-21-12-15(14)19/h3-5,7-9,12,16-17H,6,10-11H2,1-2H3/t16-,17+/m1/s1. The molecule has 3 rings (SSSR count). The van der Waals surface area contributed by atoms with Gasteiger partial charge in [0.25, 0.3) is 5.91 Å². The Kier molecular flexibility index (Phi) is 4.85. The first kappa shape index (κ1) is 16.5. The van der Waals surface area contributed by atoms with E-state index in [4.69, 9.17) is 0 Å².